The first-order chi connectivity index (χ1) is 9.26. The van der Waals surface area contributed by atoms with E-state index in [1.165, 1.54) is 17.2 Å². The van der Waals surface area contributed by atoms with Crippen LogP contribution in [-0.2, 0) is 26.2 Å². The van der Waals surface area contributed by atoms with Crippen LogP contribution in [0, 0.1) is 5.82 Å². The number of rotatable bonds is 3. The Labute approximate surface area is 112 Å². The minimum absolute atomic E-state index is 0.0700. The summed E-state index contributed by atoms with van der Waals surface area (Å²) in [6.45, 7) is 2.35. The first-order valence-electron chi connectivity index (χ1n) is 6.43. The summed E-state index contributed by atoms with van der Waals surface area (Å²) in [7, 11) is 0. The molecule has 3 heteroatoms. The highest BCUT2D eigenvalue weighted by molar-refractivity contribution is 5.34. The molecule has 2 nitrogen and oxygen atoms in total. The van der Waals surface area contributed by atoms with E-state index in [0.717, 1.165) is 24.2 Å². The average molecular weight is 257 g/mol. The zero-order chi connectivity index (χ0) is 13.2. The molecule has 0 saturated carbocycles. The fourth-order valence-electron chi connectivity index (χ4n) is 2.60. The van der Waals surface area contributed by atoms with Crippen molar-refractivity contribution in [3.63, 3.8) is 0 Å². The van der Waals surface area contributed by atoms with Gasteiger partial charge in [0.2, 0.25) is 0 Å². The predicted octanol–water partition coefficient (Wildman–Crippen LogP) is 2.83. The quantitative estimate of drug-likeness (QED) is 0.914. The molecule has 98 valence electrons. The zero-order valence-electron chi connectivity index (χ0n) is 10.6. The molecule has 0 spiro atoms. The molecule has 0 radical (unpaired) electrons. The van der Waals surface area contributed by atoms with E-state index >= 15 is 0 Å². The lowest BCUT2D eigenvalue weighted by molar-refractivity contribution is 0.270. The molecule has 0 aliphatic carbocycles. The van der Waals surface area contributed by atoms with Gasteiger partial charge in [0.1, 0.15) is 5.82 Å². The van der Waals surface area contributed by atoms with E-state index in [1.54, 1.807) is 6.07 Å². The smallest absolute Gasteiger partial charge is 0.127 e. The summed E-state index contributed by atoms with van der Waals surface area (Å²) < 4.78 is 13.6. The fourth-order valence-corrected chi connectivity index (χ4v) is 2.60. The van der Waals surface area contributed by atoms with Gasteiger partial charge in [-0.2, -0.15) is 0 Å². The molecule has 0 bridgehead atoms. The second kappa shape index (κ2) is 5.11. The number of fused-ring (bicyclic) bond motifs is 1. The lowest BCUT2D eigenvalue weighted by Gasteiger charge is -2.15. The first kappa shape index (κ1) is 12.3. The van der Waals surface area contributed by atoms with Crippen molar-refractivity contribution in [1.82, 2.24) is 4.90 Å². The van der Waals surface area contributed by atoms with Gasteiger partial charge >= 0.3 is 0 Å². The van der Waals surface area contributed by atoms with Crippen LogP contribution in [0.5, 0.6) is 0 Å². The molecule has 0 atom stereocenters. The molecular formula is C16H16FNO. The highest BCUT2D eigenvalue weighted by Gasteiger charge is 2.19. The molecule has 1 aliphatic rings. The Hall–Kier alpha value is -1.71. The summed E-state index contributed by atoms with van der Waals surface area (Å²) in [5.41, 5.74) is 4.18. The third kappa shape index (κ3) is 2.53. The van der Waals surface area contributed by atoms with Crippen LogP contribution in [0.4, 0.5) is 4.39 Å². The Morgan fingerprint density at radius 1 is 1.05 bits per heavy atom. The number of hydrogen-bond acceptors (Lipinski definition) is 2. The van der Waals surface area contributed by atoms with Gasteiger partial charge in [-0.05, 0) is 22.8 Å². The molecule has 1 heterocycles. The number of benzene rings is 2. The Balaban J connectivity index is 1.75. The molecule has 3 rings (SSSR count). The highest BCUT2D eigenvalue weighted by Crippen LogP contribution is 2.25. The molecule has 0 saturated heterocycles. The second-order valence-electron chi connectivity index (χ2n) is 5.00. The van der Waals surface area contributed by atoms with E-state index in [-0.39, 0.29) is 12.4 Å². The fraction of sp³-hybridized carbons (Fsp3) is 0.250. The highest BCUT2D eigenvalue weighted by atomic mass is 19.1. The van der Waals surface area contributed by atoms with Gasteiger partial charge in [0.05, 0.1) is 6.61 Å². The SMILES string of the molecule is OCc1ccc2c(c1)CN(Cc1ccccc1F)C2. The predicted molar refractivity (Wildman–Crippen MR) is 71.7 cm³/mol. The van der Waals surface area contributed by atoms with E-state index in [2.05, 4.69) is 11.0 Å². The monoisotopic (exact) mass is 257 g/mol. The normalized spacial score (nSPS) is 14.6. The second-order valence-corrected chi connectivity index (χ2v) is 5.00. The van der Waals surface area contributed by atoms with Gasteiger partial charge in [0.25, 0.3) is 0 Å². The van der Waals surface area contributed by atoms with Crippen molar-refractivity contribution >= 4 is 0 Å². The molecule has 0 aromatic heterocycles. The summed E-state index contributed by atoms with van der Waals surface area (Å²) in [5, 5.41) is 9.14. The van der Waals surface area contributed by atoms with E-state index < -0.39 is 0 Å². The summed E-state index contributed by atoms with van der Waals surface area (Å²) in [5.74, 6) is -0.144. The molecule has 19 heavy (non-hydrogen) atoms. The molecule has 1 N–H and O–H groups in total. The van der Waals surface area contributed by atoms with Crippen molar-refractivity contribution in [3.8, 4) is 0 Å². The third-order valence-corrected chi connectivity index (χ3v) is 3.59. The van der Waals surface area contributed by atoms with E-state index in [0.29, 0.717) is 6.54 Å². The van der Waals surface area contributed by atoms with Crippen LogP contribution >= 0.6 is 0 Å². The largest absolute Gasteiger partial charge is 0.392 e. The van der Waals surface area contributed by atoms with Crippen molar-refractivity contribution in [2.45, 2.75) is 26.2 Å². The number of aliphatic hydroxyl groups excluding tert-OH is 1. The number of nitrogens with zero attached hydrogens (tertiary/aromatic N) is 1. The van der Waals surface area contributed by atoms with Crippen LogP contribution in [0.2, 0.25) is 0 Å². The summed E-state index contributed by atoms with van der Waals surface area (Å²) in [6.07, 6.45) is 0. The Morgan fingerprint density at radius 3 is 2.63 bits per heavy atom. The van der Waals surface area contributed by atoms with E-state index in [4.69, 9.17) is 5.11 Å². The topological polar surface area (TPSA) is 23.5 Å². The van der Waals surface area contributed by atoms with Crippen LogP contribution in [0.3, 0.4) is 0 Å². The Bertz CT molecular complexity index is 597. The first-order valence-corrected chi connectivity index (χ1v) is 6.43. The van der Waals surface area contributed by atoms with Gasteiger partial charge in [-0.1, -0.05) is 36.4 Å². The zero-order valence-corrected chi connectivity index (χ0v) is 10.6. The van der Waals surface area contributed by atoms with Gasteiger partial charge in [0, 0.05) is 25.2 Å². The summed E-state index contributed by atoms with van der Waals surface area (Å²) in [6, 6.07) is 13.0. The molecule has 2 aromatic carbocycles. The minimum atomic E-state index is -0.144. The van der Waals surface area contributed by atoms with Gasteiger partial charge in [-0.3, -0.25) is 4.90 Å². The Morgan fingerprint density at radius 2 is 1.84 bits per heavy atom. The van der Waals surface area contributed by atoms with Crippen LogP contribution in [-0.4, -0.2) is 10.0 Å². The summed E-state index contributed by atoms with van der Waals surface area (Å²) in [4.78, 5) is 2.21. The molecule has 0 unspecified atom stereocenters. The van der Waals surface area contributed by atoms with E-state index in [9.17, 15) is 4.39 Å². The molecule has 2 aromatic rings. The maximum atomic E-state index is 13.6. The maximum Gasteiger partial charge on any atom is 0.127 e. The van der Waals surface area contributed by atoms with E-state index in [1.807, 2.05) is 24.3 Å². The number of hydrogen-bond donors (Lipinski definition) is 1. The summed E-state index contributed by atoms with van der Waals surface area (Å²) >= 11 is 0. The lowest BCUT2D eigenvalue weighted by atomic mass is 10.1. The van der Waals surface area contributed by atoms with Crippen LogP contribution in [0.15, 0.2) is 42.5 Å². The maximum absolute atomic E-state index is 13.6. The average Bonchev–Trinajstić information content (AvgIpc) is 2.82. The third-order valence-electron chi connectivity index (χ3n) is 3.59. The number of aliphatic hydroxyl groups is 1. The molecule has 1 aliphatic heterocycles. The number of halogens is 1. The van der Waals surface area contributed by atoms with Crippen LogP contribution in [0.25, 0.3) is 0 Å². The Kier molecular flexibility index (Phi) is 3.32. The van der Waals surface area contributed by atoms with Crippen molar-refractivity contribution in [1.29, 1.82) is 0 Å². The molecular weight excluding hydrogens is 241 g/mol. The minimum Gasteiger partial charge on any atom is -0.392 e. The van der Waals surface area contributed by atoms with Crippen molar-refractivity contribution in [2.75, 3.05) is 0 Å². The van der Waals surface area contributed by atoms with Crippen molar-refractivity contribution in [2.24, 2.45) is 0 Å². The standard InChI is InChI=1S/C16H16FNO/c17-16-4-2-1-3-14(16)9-18-8-13-6-5-12(11-19)7-15(13)10-18/h1-7,19H,8-11H2. The van der Waals surface area contributed by atoms with Crippen LogP contribution < -0.4 is 0 Å². The van der Waals surface area contributed by atoms with Crippen molar-refractivity contribution < 1.29 is 9.50 Å². The van der Waals surface area contributed by atoms with Gasteiger partial charge in [-0.15, -0.1) is 0 Å². The molecule has 0 amide bonds. The van der Waals surface area contributed by atoms with Gasteiger partial charge in [0.15, 0.2) is 0 Å². The molecule has 0 fully saturated rings. The van der Waals surface area contributed by atoms with Gasteiger partial charge in [-0.25, -0.2) is 4.39 Å². The van der Waals surface area contributed by atoms with Crippen LogP contribution in [0.1, 0.15) is 22.3 Å². The lowest BCUT2D eigenvalue weighted by Crippen LogP contribution is -2.16. The van der Waals surface area contributed by atoms with Crippen molar-refractivity contribution in [3.05, 3.63) is 70.5 Å². The van der Waals surface area contributed by atoms with Gasteiger partial charge < -0.3 is 5.11 Å².